The third-order valence-electron chi connectivity index (χ3n) is 3.13. The van der Waals surface area contributed by atoms with Gasteiger partial charge in [0, 0.05) is 0 Å². The molecule has 16 heavy (non-hydrogen) atoms. The molecule has 1 aliphatic carbocycles. The second-order valence-electron chi connectivity index (χ2n) is 4.12. The van der Waals surface area contributed by atoms with Crippen molar-refractivity contribution < 1.29 is 14.6 Å². The fourth-order valence-electron chi connectivity index (χ4n) is 2.22. The van der Waals surface area contributed by atoms with Crippen molar-refractivity contribution in [2.24, 2.45) is 5.92 Å². The van der Waals surface area contributed by atoms with Crippen molar-refractivity contribution in [2.45, 2.75) is 19.4 Å². The molecule has 3 nitrogen and oxygen atoms in total. The lowest BCUT2D eigenvalue weighted by molar-refractivity contribution is 0.132. The molecular formula is C12H15ClO3. The monoisotopic (exact) mass is 242 g/mol. The van der Waals surface area contributed by atoms with Gasteiger partial charge in [0.25, 0.3) is 0 Å². The molecular weight excluding hydrogens is 228 g/mol. The van der Waals surface area contributed by atoms with E-state index in [0.29, 0.717) is 16.5 Å². The summed E-state index contributed by atoms with van der Waals surface area (Å²) in [4.78, 5) is 0. The number of aliphatic hydroxyl groups is 1. The Labute approximate surface area is 99.9 Å². The summed E-state index contributed by atoms with van der Waals surface area (Å²) in [5.74, 6) is 1.30. The van der Waals surface area contributed by atoms with Gasteiger partial charge in [0.15, 0.2) is 11.5 Å². The Morgan fingerprint density at radius 3 is 2.62 bits per heavy atom. The molecule has 0 fully saturated rings. The first kappa shape index (κ1) is 11.6. The van der Waals surface area contributed by atoms with E-state index in [1.54, 1.807) is 14.2 Å². The third kappa shape index (κ3) is 1.55. The van der Waals surface area contributed by atoms with Crippen LogP contribution in [-0.2, 0) is 6.42 Å². The maximum Gasteiger partial charge on any atom is 0.179 e. The van der Waals surface area contributed by atoms with Crippen LogP contribution >= 0.6 is 11.6 Å². The number of fused-ring (bicyclic) bond motifs is 1. The van der Waals surface area contributed by atoms with Crippen LogP contribution in [0.2, 0.25) is 5.02 Å². The summed E-state index contributed by atoms with van der Waals surface area (Å²) >= 11 is 6.25. The second kappa shape index (κ2) is 4.15. The average Bonchev–Trinajstić information content (AvgIpc) is 2.56. The molecule has 2 unspecified atom stereocenters. The molecule has 1 aliphatic rings. The molecule has 0 radical (unpaired) electrons. The highest BCUT2D eigenvalue weighted by atomic mass is 35.5. The molecule has 4 heteroatoms. The number of rotatable bonds is 2. The molecule has 0 spiro atoms. The molecule has 1 aromatic carbocycles. The van der Waals surface area contributed by atoms with Crippen LogP contribution in [0.4, 0.5) is 0 Å². The van der Waals surface area contributed by atoms with Crippen LogP contribution in [0.3, 0.4) is 0 Å². The van der Waals surface area contributed by atoms with Crippen LogP contribution in [0.25, 0.3) is 0 Å². The number of benzene rings is 1. The lowest BCUT2D eigenvalue weighted by Gasteiger charge is -2.14. The summed E-state index contributed by atoms with van der Waals surface area (Å²) in [7, 11) is 3.12. The van der Waals surface area contributed by atoms with E-state index >= 15 is 0 Å². The van der Waals surface area contributed by atoms with Crippen molar-refractivity contribution in [3.63, 3.8) is 0 Å². The highest BCUT2D eigenvalue weighted by molar-refractivity contribution is 6.33. The average molecular weight is 243 g/mol. The summed E-state index contributed by atoms with van der Waals surface area (Å²) in [5, 5.41) is 10.6. The van der Waals surface area contributed by atoms with Crippen molar-refractivity contribution in [3.8, 4) is 11.5 Å². The normalized spacial score (nSPS) is 23.1. The minimum atomic E-state index is -0.465. The van der Waals surface area contributed by atoms with E-state index in [1.165, 1.54) is 0 Å². The number of ether oxygens (including phenoxy) is 2. The molecule has 0 saturated carbocycles. The first-order valence-electron chi connectivity index (χ1n) is 5.21. The van der Waals surface area contributed by atoms with Gasteiger partial charge in [-0.3, -0.25) is 0 Å². The predicted octanol–water partition coefficient (Wildman–Crippen LogP) is 2.58. The molecule has 0 aliphatic heterocycles. The maximum atomic E-state index is 10.0. The Bertz CT molecular complexity index is 417. The fourth-order valence-corrected chi connectivity index (χ4v) is 2.58. The second-order valence-corrected chi connectivity index (χ2v) is 4.50. The minimum Gasteiger partial charge on any atom is -0.493 e. The zero-order valence-electron chi connectivity index (χ0n) is 9.58. The van der Waals surface area contributed by atoms with Crippen molar-refractivity contribution in [2.75, 3.05) is 14.2 Å². The van der Waals surface area contributed by atoms with Gasteiger partial charge in [-0.25, -0.2) is 0 Å². The molecule has 0 saturated heterocycles. The zero-order valence-corrected chi connectivity index (χ0v) is 10.3. The SMILES string of the molecule is COc1cc2c(c(Cl)c1OC)CC(C)C2O. The van der Waals surface area contributed by atoms with Crippen molar-refractivity contribution in [3.05, 3.63) is 22.2 Å². The van der Waals surface area contributed by atoms with E-state index in [2.05, 4.69) is 0 Å². The van der Waals surface area contributed by atoms with Crippen LogP contribution in [0, 0.1) is 5.92 Å². The van der Waals surface area contributed by atoms with Gasteiger partial charge in [-0.2, -0.15) is 0 Å². The number of hydrogen-bond donors (Lipinski definition) is 1. The lowest BCUT2D eigenvalue weighted by Crippen LogP contribution is -2.01. The van der Waals surface area contributed by atoms with Crippen LogP contribution < -0.4 is 9.47 Å². The number of aliphatic hydroxyl groups excluding tert-OH is 1. The van der Waals surface area contributed by atoms with Gasteiger partial charge >= 0.3 is 0 Å². The van der Waals surface area contributed by atoms with E-state index in [0.717, 1.165) is 17.5 Å². The quantitative estimate of drug-likeness (QED) is 0.866. The Hall–Kier alpha value is -0.930. The van der Waals surface area contributed by atoms with Gasteiger partial charge in [-0.15, -0.1) is 0 Å². The summed E-state index contributed by atoms with van der Waals surface area (Å²) in [6.45, 7) is 2.00. The maximum absolute atomic E-state index is 10.0. The van der Waals surface area contributed by atoms with Crippen LogP contribution in [0.1, 0.15) is 24.2 Å². The highest BCUT2D eigenvalue weighted by Crippen LogP contribution is 2.47. The van der Waals surface area contributed by atoms with Gasteiger partial charge in [0.1, 0.15) is 0 Å². The Balaban J connectivity index is 2.61. The predicted molar refractivity (Wildman–Crippen MR) is 62.4 cm³/mol. The summed E-state index contributed by atoms with van der Waals surface area (Å²) < 4.78 is 10.4. The van der Waals surface area contributed by atoms with E-state index in [4.69, 9.17) is 21.1 Å². The zero-order chi connectivity index (χ0) is 11.9. The smallest absolute Gasteiger partial charge is 0.179 e. The molecule has 88 valence electrons. The molecule has 0 aromatic heterocycles. The van der Waals surface area contributed by atoms with E-state index < -0.39 is 6.10 Å². The van der Waals surface area contributed by atoms with Crippen molar-refractivity contribution in [1.82, 2.24) is 0 Å². The number of methoxy groups -OCH3 is 2. The Morgan fingerprint density at radius 2 is 2.06 bits per heavy atom. The van der Waals surface area contributed by atoms with Crippen molar-refractivity contribution in [1.29, 1.82) is 0 Å². The summed E-state index contributed by atoms with van der Waals surface area (Å²) in [6.07, 6.45) is 0.308. The van der Waals surface area contributed by atoms with Crippen LogP contribution in [0.5, 0.6) is 11.5 Å². The number of hydrogen-bond acceptors (Lipinski definition) is 3. The first-order valence-corrected chi connectivity index (χ1v) is 5.59. The third-order valence-corrected chi connectivity index (χ3v) is 3.53. The molecule has 0 bridgehead atoms. The van der Waals surface area contributed by atoms with Crippen molar-refractivity contribution >= 4 is 11.6 Å². The van der Waals surface area contributed by atoms with Crippen LogP contribution in [-0.4, -0.2) is 19.3 Å². The highest BCUT2D eigenvalue weighted by Gasteiger charge is 2.32. The van der Waals surface area contributed by atoms with Gasteiger partial charge < -0.3 is 14.6 Å². The van der Waals surface area contributed by atoms with Gasteiger partial charge in [0.2, 0.25) is 0 Å². The van der Waals surface area contributed by atoms with E-state index in [1.807, 2.05) is 13.0 Å². The molecule has 1 aromatic rings. The first-order chi connectivity index (χ1) is 7.60. The standard InChI is InChI=1S/C12H15ClO3/c1-6-4-7-8(11(6)14)5-9(15-2)12(16-3)10(7)13/h5-6,11,14H,4H2,1-3H3. The van der Waals surface area contributed by atoms with Gasteiger partial charge in [0.05, 0.1) is 25.3 Å². The minimum absolute atomic E-state index is 0.185. The van der Waals surface area contributed by atoms with E-state index in [9.17, 15) is 5.11 Å². The fraction of sp³-hybridized carbons (Fsp3) is 0.500. The van der Waals surface area contributed by atoms with Gasteiger partial charge in [-0.1, -0.05) is 18.5 Å². The summed E-state index contributed by atoms with van der Waals surface area (Å²) in [6, 6.07) is 1.81. The topological polar surface area (TPSA) is 38.7 Å². The number of halogens is 1. The largest absolute Gasteiger partial charge is 0.493 e. The van der Waals surface area contributed by atoms with Gasteiger partial charge in [-0.05, 0) is 29.5 Å². The molecule has 2 atom stereocenters. The van der Waals surface area contributed by atoms with E-state index in [-0.39, 0.29) is 5.92 Å². The molecule has 1 N–H and O–H groups in total. The Kier molecular flexibility index (Phi) is 3.00. The molecule has 0 amide bonds. The Morgan fingerprint density at radius 1 is 1.38 bits per heavy atom. The lowest BCUT2D eigenvalue weighted by atomic mass is 10.1. The summed E-state index contributed by atoms with van der Waals surface area (Å²) in [5.41, 5.74) is 1.83. The van der Waals surface area contributed by atoms with Crippen LogP contribution in [0.15, 0.2) is 6.07 Å². The molecule has 0 heterocycles. The molecule has 2 rings (SSSR count).